The van der Waals surface area contributed by atoms with Crippen molar-refractivity contribution in [2.45, 2.75) is 112 Å². The molecule has 0 radical (unpaired) electrons. The van der Waals surface area contributed by atoms with Crippen LogP contribution in [0.1, 0.15) is 99.8 Å². The third-order valence-corrected chi connectivity index (χ3v) is 12.7. The van der Waals surface area contributed by atoms with E-state index in [1.165, 1.54) is 18.2 Å². The SMILES string of the molecule is CCC(CCc1ccc(OCC(O[Si](C)(C)C(C)(C)C)C(C)(C)C)c(C)c1)c1ccc(C(=O)OC)c(C)c1. The highest BCUT2D eigenvalue weighted by Crippen LogP contribution is 2.40. The van der Waals surface area contributed by atoms with Crippen LogP contribution in [0.2, 0.25) is 18.1 Å². The maximum absolute atomic E-state index is 12.0. The Balaban J connectivity index is 2.07. The van der Waals surface area contributed by atoms with Crippen molar-refractivity contribution in [1.29, 1.82) is 0 Å². The highest BCUT2D eigenvalue weighted by molar-refractivity contribution is 6.74. The normalized spacial score (nSPS) is 14.2. The molecule has 2 unspecified atom stereocenters. The summed E-state index contributed by atoms with van der Waals surface area (Å²) in [5, 5.41) is 0.159. The zero-order valence-corrected chi connectivity index (χ0v) is 27.1. The lowest BCUT2D eigenvalue weighted by Crippen LogP contribution is -2.49. The van der Waals surface area contributed by atoms with Gasteiger partial charge in [-0.15, -0.1) is 0 Å². The number of ether oxygens (including phenoxy) is 2. The number of esters is 1. The van der Waals surface area contributed by atoms with Gasteiger partial charge in [0.25, 0.3) is 0 Å². The number of rotatable bonds is 11. The lowest BCUT2D eigenvalue weighted by molar-refractivity contribution is 0.0310. The van der Waals surface area contributed by atoms with Crippen LogP contribution in [0.5, 0.6) is 5.75 Å². The zero-order chi connectivity index (χ0) is 28.9. The Morgan fingerprint density at radius 3 is 2.11 bits per heavy atom. The number of carbonyl (C=O) groups is 1. The van der Waals surface area contributed by atoms with Crippen molar-refractivity contribution >= 4 is 14.3 Å². The van der Waals surface area contributed by atoms with Crippen LogP contribution in [0.25, 0.3) is 0 Å². The van der Waals surface area contributed by atoms with E-state index in [9.17, 15) is 4.79 Å². The average molecular weight is 541 g/mol. The lowest BCUT2D eigenvalue weighted by atomic mass is 9.88. The molecule has 0 saturated heterocycles. The van der Waals surface area contributed by atoms with Crippen LogP contribution in [0.4, 0.5) is 0 Å². The predicted molar refractivity (Wildman–Crippen MR) is 162 cm³/mol. The summed E-state index contributed by atoms with van der Waals surface area (Å²) in [6, 6.07) is 12.7. The van der Waals surface area contributed by atoms with Gasteiger partial charge in [-0.25, -0.2) is 4.79 Å². The van der Waals surface area contributed by atoms with Crippen LogP contribution in [-0.4, -0.2) is 34.1 Å². The summed E-state index contributed by atoms with van der Waals surface area (Å²) in [6.45, 7) is 25.1. The van der Waals surface area contributed by atoms with Gasteiger partial charge in [-0.1, -0.05) is 72.7 Å². The molecule has 2 aromatic rings. The van der Waals surface area contributed by atoms with E-state index in [0.29, 0.717) is 18.1 Å². The molecule has 38 heavy (non-hydrogen) atoms. The van der Waals surface area contributed by atoms with Crippen LogP contribution < -0.4 is 4.74 Å². The maximum atomic E-state index is 12.0. The fourth-order valence-corrected chi connectivity index (χ4v) is 5.90. The molecular formula is C33H52O4Si. The molecule has 2 atom stereocenters. The highest BCUT2D eigenvalue weighted by atomic mass is 28.4. The molecule has 0 amide bonds. The lowest BCUT2D eigenvalue weighted by Gasteiger charge is -2.43. The second-order valence-electron chi connectivity index (χ2n) is 13.4. The number of carbonyl (C=O) groups excluding carboxylic acids is 1. The summed E-state index contributed by atoms with van der Waals surface area (Å²) in [6.07, 6.45) is 3.14. The van der Waals surface area contributed by atoms with E-state index in [4.69, 9.17) is 13.9 Å². The van der Waals surface area contributed by atoms with Gasteiger partial charge in [0.1, 0.15) is 12.4 Å². The number of hydrogen-bond donors (Lipinski definition) is 0. The molecule has 212 valence electrons. The first-order chi connectivity index (χ1) is 17.5. The molecule has 0 saturated carbocycles. The van der Waals surface area contributed by atoms with Gasteiger partial charge in [0, 0.05) is 0 Å². The Hall–Kier alpha value is -2.11. The minimum Gasteiger partial charge on any atom is -0.491 e. The van der Waals surface area contributed by atoms with Gasteiger partial charge in [-0.2, -0.15) is 0 Å². The van der Waals surface area contributed by atoms with Gasteiger partial charge in [0.15, 0.2) is 8.32 Å². The molecule has 0 N–H and O–H groups in total. The molecular weight excluding hydrogens is 488 g/mol. The second-order valence-corrected chi connectivity index (χ2v) is 18.1. The van der Waals surface area contributed by atoms with E-state index in [2.05, 4.69) is 98.8 Å². The summed E-state index contributed by atoms with van der Waals surface area (Å²) < 4.78 is 18.1. The van der Waals surface area contributed by atoms with Crippen molar-refractivity contribution in [2.24, 2.45) is 5.41 Å². The molecule has 0 heterocycles. The molecule has 0 aliphatic rings. The molecule has 0 spiro atoms. The number of benzene rings is 2. The third-order valence-electron chi connectivity index (χ3n) is 8.24. The fourth-order valence-electron chi connectivity index (χ4n) is 4.41. The van der Waals surface area contributed by atoms with Gasteiger partial charge in [-0.05, 0) is 97.0 Å². The van der Waals surface area contributed by atoms with Crippen molar-refractivity contribution in [3.05, 3.63) is 64.2 Å². The summed E-state index contributed by atoms with van der Waals surface area (Å²) >= 11 is 0. The van der Waals surface area contributed by atoms with E-state index in [0.717, 1.165) is 36.1 Å². The summed E-state index contributed by atoms with van der Waals surface area (Å²) in [4.78, 5) is 12.0. The van der Waals surface area contributed by atoms with E-state index in [1.54, 1.807) is 0 Å². The van der Waals surface area contributed by atoms with Crippen LogP contribution in [0.3, 0.4) is 0 Å². The first-order valence-corrected chi connectivity index (χ1v) is 17.0. The van der Waals surface area contributed by atoms with Crippen LogP contribution in [0.15, 0.2) is 36.4 Å². The largest absolute Gasteiger partial charge is 0.491 e. The van der Waals surface area contributed by atoms with E-state index in [1.807, 2.05) is 13.0 Å². The summed E-state index contributed by atoms with van der Waals surface area (Å²) in [7, 11) is -0.484. The Morgan fingerprint density at radius 2 is 1.61 bits per heavy atom. The van der Waals surface area contributed by atoms with Crippen molar-refractivity contribution < 1.29 is 18.7 Å². The Bertz CT molecular complexity index is 1080. The minimum absolute atomic E-state index is 0.00800. The third kappa shape index (κ3) is 8.44. The smallest absolute Gasteiger partial charge is 0.338 e. The van der Waals surface area contributed by atoms with Crippen molar-refractivity contribution in [3.63, 3.8) is 0 Å². The predicted octanol–water partition coefficient (Wildman–Crippen LogP) is 9.03. The Labute approximate surface area is 233 Å². The molecule has 0 aliphatic heterocycles. The maximum Gasteiger partial charge on any atom is 0.338 e. The Kier molecular flexibility index (Phi) is 10.8. The summed E-state index contributed by atoms with van der Waals surface area (Å²) in [5.41, 5.74) is 5.36. The first kappa shape index (κ1) is 32.1. The number of aryl methyl sites for hydroxylation is 3. The molecule has 0 bridgehead atoms. The van der Waals surface area contributed by atoms with Gasteiger partial charge in [0.2, 0.25) is 0 Å². The molecule has 2 aromatic carbocycles. The van der Waals surface area contributed by atoms with E-state index in [-0.39, 0.29) is 22.5 Å². The Morgan fingerprint density at radius 1 is 0.947 bits per heavy atom. The quantitative estimate of drug-likeness (QED) is 0.211. The molecule has 2 rings (SSSR count). The van der Waals surface area contributed by atoms with Crippen LogP contribution in [0, 0.1) is 19.3 Å². The van der Waals surface area contributed by atoms with E-state index >= 15 is 0 Å². The van der Waals surface area contributed by atoms with Gasteiger partial charge in [0.05, 0.1) is 18.8 Å². The van der Waals surface area contributed by atoms with Crippen LogP contribution in [-0.2, 0) is 15.6 Å². The van der Waals surface area contributed by atoms with Crippen molar-refractivity contribution in [2.75, 3.05) is 13.7 Å². The highest BCUT2D eigenvalue weighted by Gasteiger charge is 2.42. The minimum atomic E-state index is -1.91. The van der Waals surface area contributed by atoms with Crippen molar-refractivity contribution in [3.8, 4) is 5.75 Å². The molecule has 4 nitrogen and oxygen atoms in total. The summed E-state index contributed by atoms with van der Waals surface area (Å²) in [5.74, 6) is 1.10. The number of methoxy groups -OCH3 is 1. The fraction of sp³-hybridized carbons (Fsp3) is 0.606. The molecule has 0 aromatic heterocycles. The molecule has 5 heteroatoms. The number of hydrogen-bond acceptors (Lipinski definition) is 4. The van der Waals surface area contributed by atoms with Gasteiger partial charge >= 0.3 is 5.97 Å². The van der Waals surface area contributed by atoms with Crippen molar-refractivity contribution in [1.82, 2.24) is 0 Å². The monoisotopic (exact) mass is 540 g/mol. The zero-order valence-electron chi connectivity index (χ0n) is 26.1. The van der Waals surface area contributed by atoms with E-state index < -0.39 is 8.32 Å². The van der Waals surface area contributed by atoms with Crippen LogP contribution >= 0.6 is 0 Å². The van der Waals surface area contributed by atoms with Gasteiger partial charge < -0.3 is 13.9 Å². The average Bonchev–Trinajstić information content (AvgIpc) is 2.81. The standard InChI is InChI=1S/C33H52O4Si/c1-13-26(27-17-18-28(23(2)21-27)31(34)35-10)16-14-25-15-19-29(24(3)20-25)36-22-30(32(4,5)6)37-38(11,12)33(7,8)9/h15,17-21,26,30H,13-14,16,22H2,1-12H3. The first-order valence-electron chi connectivity index (χ1n) is 14.1. The molecule has 0 aliphatic carbocycles. The topological polar surface area (TPSA) is 44.8 Å². The molecule has 0 fully saturated rings. The van der Waals surface area contributed by atoms with Gasteiger partial charge in [-0.3, -0.25) is 0 Å². The second kappa shape index (κ2) is 12.8.